The maximum Gasteiger partial charge on any atom is 3.00 e. The van der Waals surface area contributed by atoms with Crippen LogP contribution in [0.25, 0.3) is 9.96 Å². The smallest absolute Gasteiger partial charge is 0.660 e. The van der Waals surface area contributed by atoms with Crippen LogP contribution >= 0.6 is 0 Å². The minimum Gasteiger partial charge on any atom is -0.660 e. The van der Waals surface area contributed by atoms with Gasteiger partial charge in [-0.2, -0.15) is 0 Å². The Bertz CT molecular complexity index is 310. The maximum atomic E-state index is 5.23. The number of hydrogen-bond donors (Lipinski definition) is 0. The molecular formula is C19H47CoN3Si2+. The fourth-order valence-electron chi connectivity index (χ4n) is 3.44. The van der Waals surface area contributed by atoms with Gasteiger partial charge in [0, 0.05) is 0 Å². The third-order valence-corrected chi connectivity index (χ3v) is 10.3. The van der Waals surface area contributed by atoms with Crippen molar-refractivity contribution in [2.45, 2.75) is 104 Å². The summed E-state index contributed by atoms with van der Waals surface area (Å²) < 4.78 is 0. The van der Waals surface area contributed by atoms with Crippen LogP contribution in [0.4, 0.5) is 0 Å². The van der Waals surface area contributed by atoms with E-state index in [1.165, 1.54) is 18.1 Å². The van der Waals surface area contributed by atoms with Gasteiger partial charge < -0.3 is 14.9 Å². The fourth-order valence-corrected chi connectivity index (χ4v) is 8.79. The van der Waals surface area contributed by atoms with Gasteiger partial charge in [0.2, 0.25) is 0 Å². The number of nitrogens with zero attached hydrogens (tertiary/aromatic N) is 3. The molecule has 6 heteroatoms. The monoisotopic (exact) mass is 432 g/mol. The zero-order valence-electron chi connectivity index (χ0n) is 19.5. The summed E-state index contributed by atoms with van der Waals surface area (Å²) in [4.78, 5) is 12.2. The summed E-state index contributed by atoms with van der Waals surface area (Å²) in [5.74, 6) is 0. The molecule has 0 saturated carbocycles. The fraction of sp³-hybridized carbons (Fsp3) is 1.00. The summed E-state index contributed by atoms with van der Waals surface area (Å²) in [5.41, 5.74) is 0.294. The third kappa shape index (κ3) is 18.0. The summed E-state index contributed by atoms with van der Waals surface area (Å²) in [6.45, 7) is 25.8. The Kier molecular flexibility index (Phi) is 15.0. The van der Waals surface area contributed by atoms with E-state index < -0.39 is 16.5 Å². The molecule has 3 nitrogen and oxygen atoms in total. The van der Waals surface area contributed by atoms with Crippen LogP contribution in [-0.4, -0.2) is 53.1 Å². The van der Waals surface area contributed by atoms with Gasteiger partial charge in [0.1, 0.15) is 0 Å². The van der Waals surface area contributed by atoms with E-state index >= 15 is 0 Å². The van der Waals surface area contributed by atoms with Crippen LogP contribution in [0.5, 0.6) is 0 Å². The number of likely N-dealkylation sites (N-methyl/N-ethyl adjacent to an activating group) is 1. The van der Waals surface area contributed by atoms with Crippen LogP contribution < -0.4 is 0 Å². The molecule has 0 aromatic heterocycles. The second-order valence-electron chi connectivity index (χ2n) is 9.90. The molecule has 154 valence electrons. The van der Waals surface area contributed by atoms with Gasteiger partial charge in [0.25, 0.3) is 0 Å². The van der Waals surface area contributed by atoms with Crippen molar-refractivity contribution in [2.75, 3.05) is 20.6 Å². The molecule has 0 N–H and O–H groups in total. The van der Waals surface area contributed by atoms with Gasteiger partial charge in [-0.15, -0.1) is 11.1 Å². The second kappa shape index (κ2) is 12.3. The van der Waals surface area contributed by atoms with Crippen molar-refractivity contribution in [1.82, 2.24) is 4.90 Å². The Balaban J connectivity index is -0.000000418. The van der Waals surface area contributed by atoms with Crippen LogP contribution in [0.3, 0.4) is 0 Å². The molecule has 0 heterocycles. The minimum absolute atomic E-state index is 0. The maximum absolute atomic E-state index is 5.23. The van der Waals surface area contributed by atoms with Crippen molar-refractivity contribution in [3.8, 4) is 0 Å². The van der Waals surface area contributed by atoms with E-state index in [9.17, 15) is 0 Å². The Hall–Kier alpha value is 0.820. The van der Waals surface area contributed by atoms with E-state index in [1.54, 1.807) is 0 Å². The third-order valence-electron chi connectivity index (χ3n) is 3.89. The molecule has 0 aliphatic rings. The normalized spacial score (nSPS) is 13.2. The average molecular weight is 433 g/mol. The summed E-state index contributed by atoms with van der Waals surface area (Å²) in [5, 5.41) is 0. The molecule has 0 aliphatic carbocycles. The first-order valence-electron chi connectivity index (χ1n) is 9.64. The molecule has 0 bridgehead atoms. The molecule has 25 heavy (non-hydrogen) atoms. The first-order valence-corrected chi connectivity index (χ1v) is 15.7. The quantitative estimate of drug-likeness (QED) is 0.393. The largest absolute Gasteiger partial charge is 3.00 e. The van der Waals surface area contributed by atoms with Crippen LogP contribution in [0.2, 0.25) is 37.8 Å². The van der Waals surface area contributed by atoms with Crippen LogP contribution in [0.1, 0.15) is 55.4 Å². The van der Waals surface area contributed by atoms with Crippen molar-refractivity contribution in [3.63, 3.8) is 0 Å². The van der Waals surface area contributed by atoms with Gasteiger partial charge in [-0.05, 0) is 20.6 Å². The Labute approximate surface area is 172 Å². The molecule has 0 rings (SSSR count). The number of hydrogen-bond acceptors (Lipinski definition) is 1. The predicted molar refractivity (Wildman–Crippen MR) is 120 cm³/mol. The van der Waals surface area contributed by atoms with E-state index in [0.29, 0.717) is 0 Å². The van der Waals surface area contributed by atoms with Crippen molar-refractivity contribution in [2.24, 2.45) is 0 Å². The average Bonchev–Trinajstić information content (AvgIpc) is 2.30. The van der Waals surface area contributed by atoms with E-state index in [-0.39, 0.29) is 27.9 Å². The summed E-state index contributed by atoms with van der Waals surface area (Å²) in [6, 6.07) is 3.87. The molecule has 0 atom stereocenters. The second-order valence-corrected chi connectivity index (χ2v) is 19.3. The molecule has 0 fully saturated rings. The van der Waals surface area contributed by atoms with Crippen molar-refractivity contribution in [1.29, 1.82) is 0 Å². The van der Waals surface area contributed by atoms with E-state index in [4.69, 9.17) is 4.98 Å². The van der Waals surface area contributed by atoms with E-state index in [1.807, 2.05) is 0 Å². The predicted octanol–water partition coefficient (Wildman–Crippen LogP) is 6.70. The van der Waals surface area contributed by atoms with Gasteiger partial charge in [-0.25, -0.2) is 0 Å². The topological polar surface area (TPSA) is 31.4 Å². The zero-order valence-corrected chi connectivity index (χ0v) is 22.5. The molecule has 0 aliphatic heterocycles. The first-order chi connectivity index (χ1) is 10.5. The summed E-state index contributed by atoms with van der Waals surface area (Å²) in [7, 11) is 1.77. The van der Waals surface area contributed by atoms with Crippen LogP contribution in [0.15, 0.2) is 0 Å². The molecule has 0 unspecified atom stereocenters. The molecule has 0 amide bonds. The SMILES string of the molecule is CC(C)(C)[N-][Si](C)(C)C.CC[Si](CC)(CC)[N-]C(C)(C)CN(C)C.[Co+3]. The van der Waals surface area contributed by atoms with Gasteiger partial charge in [-0.1, -0.05) is 110 Å². The van der Waals surface area contributed by atoms with E-state index in [0.717, 1.165) is 6.54 Å². The summed E-state index contributed by atoms with van der Waals surface area (Å²) in [6.07, 6.45) is 0. The van der Waals surface area contributed by atoms with Gasteiger partial charge in [0.05, 0.1) is 0 Å². The Morgan fingerprint density at radius 3 is 1.28 bits per heavy atom. The Morgan fingerprint density at radius 2 is 1.12 bits per heavy atom. The van der Waals surface area contributed by atoms with Crippen LogP contribution in [-0.2, 0) is 16.8 Å². The van der Waals surface area contributed by atoms with E-state index in [2.05, 4.69) is 99.0 Å². The van der Waals surface area contributed by atoms with Gasteiger partial charge in [0.15, 0.2) is 0 Å². The van der Waals surface area contributed by atoms with Crippen molar-refractivity contribution in [3.05, 3.63) is 9.96 Å². The minimum atomic E-state index is -1.32. The summed E-state index contributed by atoms with van der Waals surface area (Å²) >= 11 is 0. The molecular weight excluding hydrogens is 385 g/mol. The van der Waals surface area contributed by atoms with Crippen molar-refractivity contribution >= 4 is 16.5 Å². The zero-order chi connectivity index (χ0) is 19.8. The van der Waals surface area contributed by atoms with Gasteiger partial charge in [-0.3, -0.25) is 0 Å². The van der Waals surface area contributed by atoms with Gasteiger partial charge >= 0.3 is 16.8 Å². The molecule has 0 radical (unpaired) electrons. The molecule has 0 spiro atoms. The molecule has 0 aromatic rings. The molecule has 0 aromatic carbocycles. The molecule has 0 saturated heterocycles. The van der Waals surface area contributed by atoms with Crippen LogP contribution in [0, 0.1) is 0 Å². The Morgan fingerprint density at radius 1 is 0.760 bits per heavy atom. The van der Waals surface area contributed by atoms with Crippen molar-refractivity contribution < 1.29 is 16.8 Å². The number of rotatable bonds is 8. The first kappa shape index (κ1) is 30.5. The standard InChI is InChI=1S/C12H29N2Si.C7H18NSi.Co/c1-8-15(9-2,10-3)13-12(4,5)11-14(6)7;1-7(2,3)8-9(4,5)6;/h8-11H2,1-7H3;1-6H3;/q2*-1;+3.